The molecular weight excluding hydrogens is 420 g/mol. The van der Waals surface area contributed by atoms with Crippen molar-refractivity contribution in [2.24, 2.45) is 0 Å². The Morgan fingerprint density at radius 1 is 1.23 bits per heavy atom. The summed E-state index contributed by atoms with van der Waals surface area (Å²) in [6.45, 7) is 1.52. The first-order chi connectivity index (χ1) is 14.9. The monoisotopic (exact) mass is 440 g/mol. The van der Waals surface area contributed by atoms with Gasteiger partial charge in [-0.15, -0.1) is 0 Å². The summed E-state index contributed by atoms with van der Waals surface area (Å²) in [5.41, 5.74) is 2.01. The smallest absolute Gasteiger partial charge is 0.326 e. The van der Waals surface area contributed by atoms with Crippen molar-refractivity contribution in [1.82, 2.24) is 30.1 Å². The molecular formula is C20H21ClN8O2. The number of urea groups is 1. The third kappa shape index (κ3) is 4.76. The SMILES string of the molecule is CN(C)CCNc1cc(Nc2cccc(Cl)c2)nc2c(C=C3NC(=O)NC3=O)cnn12. The van der Waals surface area contributed by atoms with E-state index < -0.39 is 11.9 Å². The summed E-state index contributed by atoms with van der Waals surface area (Å²) in [4.78, 5) is 30.0. The predicted octanol–water partition coefficient (Wildman–Crippen LogP) is 2.28. The fourth-order valence-electron chi connectivity index (χ4n) is 3.03. The molecule has 11 heteroatoms. The number of hydrogen-bond acceptors (Lipinski definition) is 7. The number of fused-ring (bicyclic) bond motifs is 1. The maximum absolute atomic E-state index is 11.9. The first-order valence-corrected chi connectivity index (χ1v) is 9.91. The van der Waals surface area contributed by atoms with Gasteiger partial charge in [0.2, 0.25) is 0 Å². The van der Waals surface area contributed by atoms with E-state index in [2.05, 4.69) is 36.2 Å². The summed E-state index contributed by atoms with van der Waals surface area (Å²) in [6, 6.07) is 8.60. The highest BCUT2D eigenvalue weighted by Gasteiger charge is 2.23. The molecule has 2 aromatic heterocycles. The number of nitrogens with zero attached hydrogens (tertiary/aromatic N) is 4. The van der Waals surface area contributed by atoms with Crippen molar-refractivity contribution in [1.29, 1.82) is 0 Å². The largest absolute Gasteiger partial charge is 0.369 e. The van der Waals surface area contributed by atoms with E-state index in [4.69, 9.17) is 11.6 Å². The number of amides is 3. The second-order valence-corrected chi connectivity index (χ2v) is 7.63. The first-order valence-electron chi connectivity index (χ1n) is 9.53. The minimum Gasteiger partial charge on any atom is -0.369 e. The predicted molar refractivity (Wildman–Crippen MR) is 119 cm³/mol. The first kappa shape index (κ1) is 20.6. The number of hydrogen-bond donors (Lipinski definition) is 4. The van der Waals surface area contributed by atoms with E-state index in [0.29, 0.717) is 28.6 Å². The summed E-state index contributed by atoms with van der Waals surface area (Å²) < 4.78 is 1.65. The van der Waals surface area contributed by atoms with Crippen molar-refractivity contribution in [3.63, 3.8) is 0 Å². The van der Waals surface area contributed by atoms with Gasteiger partial charge in [-0.25, -0.2) is 9.78 Å². The van der Waals surface area contributed by atoms with Gasteiger partial charge in [-0.2, -0.15) is 9.61 Å². The molecule has 0 unspecified atom stereocenters. The van der Waals surface area contributed by atoms with Crippen LogP contribution in [-0.4, -0.2) is 58.6 Å². The van der Waals surface area contributed by atoms with E-state index in [1.54, 1.807) is 28.9 Å². The Balaban J connectivity index is 1.73. The average molecular weight is 441 g/mol. The molecule has 3 aromatic rings. The molecule has 31 heavy (non-hydrogen) atoms. The molecule has 0 aliphatic carbocycles. The molecule has 1 aliphatic heterocycles. The van der Waals surface area contributed by atoms with Gasteiger partial charge < -0.3 is 20.9 Å². The van der Waals surface area contributed by atoms with Gasteiger partial charge in [0.1, 0.15) is 17.3 Å². The highest BCUT2D eigenvalue weighted by molar-refractivity contribution is 6.30. The molecule has 3 heterocycles. The van der Waals surface area contributed by atoms with Crippen LogP contribution in [0.15, 0.2) is 42.2 Å². The molecule has 0 atom stereocenters. The lowest BCUT2D eigenvalue weighted by molar-refractivity contribution is -0.115. The van der Waals surface area contributed by atoms with E-state index in [1.807, 2.05) is 32.3 Å². The second-order valence-electron chi connectivity index (χ2n) is 7.19. The molecule has 4 rings (SSSR count). The van der Waals surface area contributed by atoms with Crippen molar-refractivity contribution in [2.45, 2.75) is 0 Å². The van der Waals surface area contributed by atoms with E-state index >= 15 is 0 Å². The molecule has 0 radical (unpaired) electrons. The molecule has 1 saturated heterocycles. The van der Waals surface area contributed by atoms with Gasteiger partial charge in [-0.1, -0.05) is 17.7 Å². The minimum atomic E-state index is -0.560. The number of aromatic nitrogens is 3. The Morgan fingerprint density at radius 3 is 2.77 bits per heavy atom. The molecule has 0 bridgehead atoms. The Hall–Kier alpha value is -3.63. The summed E-state index contributed by atoms with van der Waals surface area (Å²) in [6.07, 6.45) is 3.13. The zero-order valence-corrected chi connectivity index (χ0v) is 17.7. The van der Waals surface area contributed by atoms with Crippen LogP contribution in [0.5, 0.6) is 0 Å². The topological polar surface area (TPSA) is 116 Å². The van der Waals surface area contributed by atoms with Crippen LogP contribution in [0.4, 0.5) is 22.1 Å². The standard InChI is InChI=1S/C20H21ClN8O2/c1-28(2)7-6-22-17-10-16(24-14-5-3-4-13(21)9-14)26-18-12(11-23-29(17)18)8-15-19(30)27-20(31)25-15/h3-5,8-11,22H,6-7H2,1-2H3,(H,24,26)(H2,25,27,30,31). The van der Waals surface area contributed by atoms with Crippen LogP contribution in [0.25, 0.3) is 11.7 Å². The fourth-order valence-corrected chi connectivity index (χ4v) is 3.22. The Kier molecular flexibility index (Phi) is 5.74. The van der Waals surface area contributed by atoms with E-state index in [9.17, 15) is 9.59 Å². The normalized spacial score (nSPS) is 14.9. The number of likely N-dealkylation sites (N-methyl/N-ethyl adjacent to an activating group) is 1. The zero-order chi connectivity index (χ0) is 22.0. The molecule has 3 amide bonds. The van der Waals surface area contributed by atoms with Crippen molar-refractivity contribution in [2.75, 3.05) is 37.8 Å². The lowest BCUT2D eigenvalue weighted by Gasteiger charge is -2.14. The van der Waals surface area contributed by atoms with Gasteiger partial charge in [0.15, 0.2) is 5.65 Å². The maximum Gasteiger partial charge on any atom is 0.326 e. The van der Waals surface area contributed by atoms with Crippen molar-refractivity contribution >= 4 is 52.6 Å². The van der Waals surface area contributed by atoms with Gasteiger partial charge >= 0.3 is 6.03 Å². The molecule has 0 spiro atoms. The number of nitrogens with one attached hydrogen (secondary N) is 4. The quantitative estimate of drug-likeness (QED) is 0.329. The lowest BCUT2D eigenvalue weighted by Crippen LogP contribution is -2.22. The number of imide groups is 1. The number of halogens is 1. The Bertz CT molecular complexity index is 1190. The van der Waals surface area contributed by atoms with Gasteiger partial charge in [0.25, 0.3) is 5.91 Å². The molecule has 1 fully saturated rings. The second kappa shape index (κ2) is 8.62. The fraction of sp³-hybridized carbons (Fsp3) is 0.200. The number of rotatable bonds is 7. The third-order valence-corrected chi connectivity index (χ3v) is 4.72. The summed E-state index contributed by atoms with van der Waals surface area (Å²) in [5.74, 6) is 0.796. The lowest BCUT2D eigenvalue weighted by atomic mass is 10.2. The molecule has 160 valence electrons. The van der Waals surface area contributed by atoms with Gasteiger partial charge in [-0.3, -0.25) is 10.1 Å². The molecule has 1 aliphatic rings. The maximum atomic E-state index is 11.9. The van der Waals surface area contributed by atoms with Crippen molar-refractivity contribution < 1.29 is 9.59 Å². The number of benzene rings is 1. The van der Waals surface area contributed by atoms with Crippen molar-refractivity contribution in [3.8, 4) is 0 Å². The highest BCUT2D eigenvalue weighted by atomic mass is 35.5. The zero-order valence-electron chi connectivity index (χ0n) is 16.9. The van der Waals surface area contributed by atoms with Crippen LogP contribution in [-0.2, 0) is 4.79 Å². The highest BCUT2D eigenvalue weighted by Crippen LogP contribution is 2.24. The Labute approximate surface area is 183 Å². The van der Waals surface area contributed by atoms with Gasteiger partial charge in [0.05, 0.1) is 6.20 Å². The Morgan fingerprint density at radius 2 is 2.06 bits per heavy atom. The summed E-state index contributed by atoms with van der Waals surface area (Å²) in [7, 11) is 3.99. The average Bonchev–Trinajstić information content (AvgIpc) is 3.24. The number of carbonyl (C=O) groups is 2. The molecule has 0 saturated carbocycles. The molecule has 10 nitrogen and oxygen atoms in total. The molecule has 4 N–H and O–H groups in total. The van der Waals surface area contributed by atoms with E-state index in [0.717, 1.165) is 18.1 Å². The van der Waals surface area contributed by atoms with Crippen LogP contribution in [0, 0.1) is 0 Å². The third-order valence-electron chi connectivity index (χ3n) is 4.48. The van der Waals surface area contributed by atoms with Crippen LogP contribution in [0.1, 0.15) is 5.56 Å². The van der Waals surface area contributed by atoms with E-state index in [-0.39, 0.29) is 5.70 Å². The minimum absolute atomic E-state index is 0.136. The summed E-state index contributed by atoms with van der Waals surface area (Å²) >= 11 is 6.09. The van der Waals surface area contributed by atoms with E-state index in [1.165, 1.54) is 0 Å². The molecule has 1 aromatic carbocycles. The summed E-state index contributed by atoms with van der Waals surface area (Å²) in [5, 5.41) is 16.3. The van der Waals surface area contributed by atoms with Gasteiger partial charge in [-0.05, 0) is 38.4 Å². The van der Waals surface area contributed by atoms with Crippen molar-refractivity contribution in [3.05, 3.63) is 52.8 Å². The van der Waals surface area contributed by atoms with Crippen LogP contribution >= 0.6 is 11.6 Å². The van der Waals surface area contributed by atoms with Gasteiger partial charge in [0, 0.05) is 35.4 Å². The number of anilines is 3. The van der Waals surface area contributed by atoms with Crippen LogP contribution in [0.3, 0.4) is 0 Å². The number of carbonyl (C=O) groups excluding carboxylic acids is 2. The van der Waals surface area contributed by atoms with Crippen LogP contribution < -0.4 is 21.3 Å². The van der Waals surface area contributed by atoms with Crippen LogP contribution in [0.2, 0.25) is 5.02 Å².